The van der Waals surface area contributed by atoms with Crippen molar-refractivity contribution in [2.24, 2.45) is 0 Å². The molecule has 2 rings (SSSR count). The number of hydrogen-bond acceptors (Lipinski definition) is 2. The minimum absolute atomic E-state index is 0.319. The largest absolute Gasteiger partial charge is 0.398 e. The quantitative estimate of drug-likeness (QED) is 0.656. The van der Waals surface area contributed by atoms with Gasteiger partial charge in [-0.1, -0.05) is 41.6 Å². The van der Waals surface area contributed by atoms with Crippen molar-refractivity contribution in [2.75, 3.05) is 5.73 Å². The highest BCUT2D eigenvalue weighted by Gasteiger charge is 2.26. The molecule has 0 unspecified atom stereocenters. The van der Waals surface area contributed by atoms with E-state index >= 15 is 0 Å². The van der Waals surface area contributed by atoms with Gasteiger partial charge >= 0.3 is 0 Å². The summed E-state index contributed by atoms with van der Waals surface area (Å²) in [5, 5.41) is 10.8. The highest BCUT2D eigenvalue weighted by molar-refractivity contribution is 6.30. The van der Waals surface area contributed by atoms with Crippen molar-refractivity contribution >= 4 is 17.3 Å². The lowest BCUT2D eigenvalue weighted by molar-refractivity contribution is 0.166. The van der Waals surface area contributed by atoms with Crippen LogP contribution in [0, 0.1) is 24.7 Å². The number of benzene rings is 2. The monoisotopic (exact) mass is 281 g/mol. The molecule has 0 aliphatic heterocycles. The predicted octanol–water partition coefficient (Wildman–Crippen LogP) is 3.04. The summed E-state index contributed by atoms with van der Waals surface area (Å²) in [6.45, 7) is 0. The lowest BCUT2D eigenvalue weighted by Gasteiger charge is -2.19. The summed E-state index contributed by atoms with van der Waals surface area (Å²) in [7, 11) is 0. The van der Waals surface area contributed by atoms with Crippen LogP contribution in [0.25, 0.3) is 11.1 Å². The summed E-state index contributed by atoms with van der Waals surface area (Å²) in [5.41, 5.74) is 6.40. The number of anilines is 1. The summed E-state index contributed by atoms with van der Waals surface area (Å²) in [6.07, 6.45) is 10.6. The molecule has 3 N–H and O–H groups in total. The molecule has 2 nitrogen and oxygen atoms in total. The van der Waals surface area contributed by atoms with Gasteiger partial charge in [0.2, 0.25) is 5.60 Å². The Labute approximate surface area is 123 Å². The fraction of sp³-hybridized carbons (Fsp3) is 0.0588. The number of aliphatic hydroxyl groups is 1. The summed E-state index contributed by atoms with van der Waals surface area (Å²) in [5.74, 6) is 4.38. The van der Waals surface area contributed by atoms with Gasteiger partial charge in [0.05, 0.1) is 0 Å². The molecule has 2 aromatic carbocycles. The summed E-state index contributed by atoms with van der Waals surface area (Å²) in [6, 6.07) is 12.5. The molecule has 0 spiro atoms. The van der Waals surface area contributed by atoms with Crippen LogP contribution in [0.1, 0.15) is 5.56 Å². The van der Waals surface area contributed by atoms with E-state index in [4.69, 9.17) is 30.2 Å². The van der Waals surface area contributed by atoms with Crippen LogP contribution in [-0.2, 0) is 5.60 Å². The molecule has 3 heteroatoms. The molecule has 0 atom stereocenters. The fourth-order valence-electron chi connectivity index (χ4n) is 1.91. The van der Waals surface area contributed by atoms with Crippen LogP contribution < -0.4 is 5.73 Å². The van der Waals surface area contributed by atoms with Crippen molar-refractivity contribution in [3.05, 3.63) is 53.1 Å². The first kappa shape index (κ1) is 14.0. The SMILES string of the molecule is C#CC(O)(C#C)c1cc(-c2cccc(Cl)c2)ccc1N. The van der Waals surface area contributed by atoms with Crippen LogP contribution in [0.3, 0.4) is 0 Å². The molecule has 0 aliphatic carbocycles. The second kappa shape index (κ2) is 5.31. The Hall–Kier alpha value is -2.39. The molecule has 20 heavy (non-hydrogen) atoms. The zero-order valence-electron chi connectivity index (χ0n) is 10.6. The molecule has 0 amide bonds. The molecular weight excluding hydrogens is 270 g/mol. The normalized spacial score (nSPS) is 10.6. The van der Waals surface area contributed by atoms with Crippen molar-refractivity contribution in [1.82, 2.24) is 0 Å². The van der Waals surface area contributed by atoms with E-state index in [2.05, 4.69) is 11.8 Å². The maximum Gasteiger partial charge on any atom is 0.215 e. The lowest BCUT2D eigenvalue weighted by Crippen LogP contribution is -2.22. The second-order valence-electron chi connectivity index (χ2n) is 4.31. The zero-order valence-corrected chi connectivity index (χ0v) is 11.4. The summed E-state index contributed by atoms with van der Waals surface area (Å²) < 4.78 is 0. The summed E-state index contributed by atoms with van der Waals surface area (Å²) >= 11 is 5.97. The average Bonchev–Trinajstić information content (AvgIpc) is 2.47. The van der Waals surface area contributed by atoms with Gasteiger partial charge in [-0.25, -0.2) is 0 Å². The van der Waals surface area contributed by atoms with Crippen LogP contribution >= 0.6 is 11.6 Å². The number of rotatable bonds is 2. The van der Waals surface area contributed by atoms with E-state index in [9.17, 15) is 5.11 Å². The number of nitrogens with two attached hydrogens (primary N) is 1. The van der Waals surface area contributed by atoms with Crippen molar-refractivity contribution in [3.8, 4) is 35.8 Å². The molecule has 0 aromatic heterocycles. The number of terminal acetylenes is 2. The van der Waals surface area contributed by atoms with E-state index in [0.29, 0.717) is 16.3 Å². The zero-order chi connectivity index (χ0) is 14.8. The molecule has 0 saturated carbocycles. The molecular formula is C17H12ClNO. The van der Waals surface area contributed by atoms with E-state index in [-0.39, 0.29) is 0 Å². The predicted molar refractivity (Wildman–Crippen MR) is 82.9 cm³/mol. The van der Waals surface area contributed by atoms with Gasteiger partial charge in [0.25, 0.3) is 0 Å². The molecule has 98 valence electrons. The first-order chi connectivity index (χ1) is 9.50. The molecule has 0 aliphatic rings. The first-order valence-electron chi connectivity index (χ1n) is 5.84. The van der Waals surface area contributed by atoms with Crippen molar-refractivity contribution in [3.63, 3.8) is 0 Å². The fourth-order valence-corrected chi connectivity index (χ4v) is 2.10. The third-order valence-corrected chi connectivity index (χ3v) is 3.25. The van der Waals surface area contributed by atoms with E-state index in [1.807, 2.05) is 24.3 Å². The second-order valence-corrected chi connectivity index (χ2v) is 4.75. The number of hydrogen-bond donors (Lipinski definition) is 2. The van der Waals surface area contributed by atoms with Crippen molar-refractivity contribution in [2.45, 2.75) is 5.60 Å². The average molecular weight is 282 g/mol. The maximum atomic E-state index is 10.2. The van der Waals surface area contributed by atoms with Crippen LogP contribution in [0.15, 0.2) is 42.5 Å². The van der Waals surface area contributed by atoms with Gasteiger partial charge < -0.3 is 10.8 Å². The Morgan fingerprint density at radius 3 is 2.30 bits per heavy atom. The molecule has 0 radical (unpaired) electrons. The molecule has 0 bridgehead atoms. The van der Waals surface area contributed by atoms with Gasteiger partial charge in [0, 0.05) is 16.3 Å². The Bertz CT molecular complexity index is 723. The molecule has 0 saturated heterocycles. The van der Waals surface area contributed by atoms with E-state index in [0.717, 1.165) is 11.1 Å². The Morgan fingerprint density at radius 1 is 1.05 bits per heavy atom. The van der Waals surface area contributed by atoms with Crippen LogP contribution in [0.4, 0.5) is 5.69 Å². The summed E-state index contributed by atoms with van der Waals surface area (Å²) in [4.78, 5) is 0. The molecule has 0 heterocycles. The minimum atomic E-state index is -1.82. The van der Waals surface area contributed by atoms with Crippen LogP contribution in [0.2, 0.25) is 5.02 Å². The lowest BCUT2D eigenvalue weighted by atomic mass is 9.91. The van der Waals surface area contributed by atoms with Crippen LogP contribution in [0.5, 0.6) is 0 Å². The smallest absolute Gasteiger partial charge is 0.215 e. The standard InChI is InChI=1S/C17H12ClNO/c1-3-17(20,4-2)15-11-13(8-9-16(15)19)12-6-5-7-14(18)10-12/h1-2,5-11,20H,19H2. The van der Waals surface area contributed by atoms with Gasteiger partial charge in [-0.15, -0.1) is 12.8 Å². The Kier molecular flexibility index (Phi) is 3.72. The highest BCUT2D eigenvalue weighted by Crippen LogP contribution is 2.31. The van der Waals surface area contributed by atoms with E-state index < -0.39 is 5.60 Å². The van der Waals surface area contributed by atoms with Gasteiger partial charge in [-0.3, -0.25) is 0 Å². The van der Waals surface area contributed by atoms with E-state index in [1.165, 1.54) is 0 Å². The van der Waals surface area contributed by atoms with Gasteiger partial charge in [-0.05, 0) is 35.4 Å². The van der Waals surface area contributed by atoms with Crippen molar-refractivity contribution in [1.29, 1.82) is 0 Å². The molecule has 2 aromatic rings. The first-order valence-corrected chi connectivity index (χ1v) is 6.22. The minimum Gasteiger partial charge on any atom is -0.398 e. The number of nitrogen functional groups attached to an aromatic ring is 1. The van der Waals surface area contributed by atoms with E-state index in [1.54, 1.807) is 18.2 Å². The number of halogens is 1. The Morgan fingerprint density at radius 2 is 1.70 bits per heavy atom. The third kappa shape index (κ3) is 2.49. The third-order valence-electron chi connectivity index (χ3n) is 3.02. The van der Waals surface area contributed by atoms with Gasteiger partial charge in [0.1, 0.15) is 0 Å². The van der Waals surface area contributed by atoms with Crippen molar-refractivity contribution < 1.29 is 5.11 Å². The van der Waals surface area contributed by atoms with Gasteiger partial charge in [-0.2, -0.15) is 0 Å². The van der Waals surface area contributed by atoms with Crippen LogP contribution in [-0.4, -0.2) is 5.11 Å². The topological polar surface area (TPSA) is 46.2 Å². The highest BCUT2D eigenvalue weighted by atomic mass is 35.5. The van der Waals surface area contributed by atoms with Gasteiger partial charge in [0.15, 0.2) is 0 Å². The Balaban J connectivity index is 2.61. The molecule has 0 fully saturated rings. The maximum absolute atomic E-state index is 10.2.